The molecule has 0 saturated heterocycles. The molecule has 0 radical (unpaired) electrons. The second-order valence-corrected chi connectivity index (χ2v) is 3.16. The molecule has 1 aromatic heterocycles. The normalized spacial score (nSPS) is 12.2. The molecule has 1 unspecified atom stereocenters. The maximum atomic E-state index is 11.1. The van der Waals surface area contributed by atoms with Gasteiger partial charge in [-0.3, -0.25) is 5.32 Å². The Morgan fingerprint density at radius 2 is 2.43 bits per heavy atom. The number of aliphatic hydroxyl groups is 1. The smallest absolute Gasteiger partial charge is 0.321 e. The van der Waals surface area contributed by atoms with E-state index >= 15 is 0 Å². The third-order valence-corrected chi connectivity index (χ3v) is 1.57. The number of hydrogen-bond acceptors (Lipinski definition) is 3. The average molecular weight is 219 g/mol. The van der Waals surface area contributed by atoms with Crippen LogP contribution in [0.2, 0.25) is 5.22 Å². The predicted molar refractivity (Wildman–Crippen MR) is 52.4 cm³/mol. The first-order chi connectivity index (χ1) is 6.58. The molecule has 1 heterocycles. The summed E-state index contributed by atoms with van der Waals surface area (Å²) in [6.45, 7) is 1.75. The Kier molecular flexibility index (Phi) is 3.79. The van der Waals surface area contributed by atoms with Gasteiger partial charge >= 0.3 is 6.03 Å². The highest BCUT2D eigenvalue weighted by atomic mass is 35.5. The molecular weight excluding hydrogens is 208 g/mol. The van der Waals surface area contributed by atoms with E-state index in [2.05, 4.69) is 10.6 Å². The van der Waals surface area contributed by atoms with E-state index in [1.807, 2.05) is 0 Å². The second kappa shape index (κ2) is 4.88. The quantitative estimate of drug-likeness (QED) is 0.719. The van der Waals surface area contributed by atoms with E-state index < -0.39 is 12.1 Å². The maximum absolute atomic E-state index is 11.1. The van der Waals surface area contributed by atoms with Gasteiger partial charge in [0.1, 0.15) is 0 Å². The van der Waals surface area contributed by atoms with Gasteiger partial charge < -0.3 is 14.8 Å². The topological polar surface area (TPSA) is 74.5 Å². The molecule has 0 fully saturated rings. The number of anilines is 1. The van der Waals surface area contributed by atoms with Crippen LogP contribution in [0.4, 0.5) is 10.7 Å². The summed E-state index contributed by atoms with van der Waals surface area (Å²) in [5.74, 6) is 0.262. The summed E-state index contributed by atoms with van der Waals surface area (Å²) in [4.78, 5) is 11.1. The van der Waals surface area contributed by atoms with Crippen LogP contribution in [0, 0.1) is 0 Å². The number of nitrogens with one attached hydrogen (secondary N) is 2. The molecule has 14 heavy (non-hydrogen) atoms. The van der Waals surface area contributed by atoms with Gasteiger partial charge in [0.15, 0.2) is 5.22 Å². The number of carbonyl (C=O) groups excluding carboxylic acids is 1. The summed E-state index contributed by atoms with van der Waals surface area (Å²) >= 11 is 5.49. The molecule has 78 valence electrons. The van der Waals surface area contributed by atoms with E-state index in [1.165, 1.54) is 12.1 Å². The molecule has 0 spiro atoms. The fraction of sp³-hybridized carbons (Fsp3) is 0.375. The molecule has 1 aromatic rings. The first kappa shape index (κ1) is 10.9. The van der Waals surface area contributed by atoms with Crippen molar-refractivity contribution in [2.45, 2.75) is 13.0 Å². The lowest BCUT2D eigenvalue weighted by Gasteiger charge is -2.06. The number of urea groups is 1. The first-order valence-corrected chi connectivity index (χ1v) is 4.44. The van der Waals surface area contributed by atoms with Crippen LogP contribution >= 0.6 is 11.6 Å². The van der Waals surface area contributed by atoms with Gasteiger partial charge in [-0.1, -0.05) is 0 Å². The SMILES string of the molecule is CC(O)CNC(=O)Nc1ccc(Cl)o1. The second-order valence-electron chi connectivity index (χ2n) is 2.79. The van der Waals surface area contributed by atoms with Crippen LogP contribution in [0.25, 0.3) is 0 Å². The van der Waals surface area contributed by atoms with Gasteiger partial charge in [0, 0.05) is 12.6 Å². The Labute approximate surface area is 86.0 Å². The monoisotopic (exact) mass is 218 g/mol. The van der Waals surface area contributed by atoms with Crippen LogP contribution in [-0.2, 0) is 0 Å². The molecule has 5 nitrogen and oxygen atoms in total. The molecule has 0 aromatic carbocycles. The van der Waals surface area contributed by atoms with E-state index in [9.17, 15) is 4.79 Å². The minimum atomic E-state index is -0.582. The molecule has 3 N–H and O–H groups in total. The van der Waals surface area contributed by atoms with Crippen molar-refractivity contribution in [2.24, 2.45) is 0 Å². The van der Waals surface area contributed by atoms with Gasteiger partial charge in [-0.25, -0.2) is 4.79 Å². The van der Waals surface area contributed by atoms with Gasteiger partial charge in [0.05, 0.1) is 6.10 Å². The molecule has 0 aliphatic heterocycles. The summed E-state index contributed by atoms with van der Waals surface area (Å²) in [5.41, 5.74) is 0. The zero-order valence-electron chi connectivity index (χ0n) is 7.58. The van der Waals surface area contributed by atoms with Crippen LogP contribution in [0.3, 0.4) is 0 Å². The molecule has 0 aliphatic rings. The van der Waals surface area contributed by atoms with Crippen molar-refractivity contribution in [3.63, 3.8) is 0 Å². The zero-order chi connectivity index (χ0) is 10.6. The number of amides is 2. The van der Waals surface area contributed by atoms with Crippen LogP contribution in [0.1, 0.15) is 6.92 Å². The van der Waals surface area contributed by atoms with Gasteiger partial charge in [-0.2, -0.15) is 0 Å². The predicted octanol–water partition coefficient (Wildman–Crippen LogP) is 1.44. The minimum Gasteiger partial charge on any atom is -0.429 e. The molecule has 1 atom stereocenters. The van der Waals surface area contributed by atoms with Gasteiger partial charge in [0.2, 0.25) is 5.88 Å². The van der Waals surface area contributed by atoms with E-state index in [1.54, 1.807) is 6.92 Å². The van der Waals surface area contributed by atoms with Crippen molar-refractivity contribution in [1.82, 2.24) is 5.32 Å². The molecule has 6 heteroatoms. The standard InChI is InChI=1S/C8H11ClN2O3/c1-5(12)4-10-8(13)11-7-3-2-6(9)14-7/h2-3,5,12H,4H2,1H3,(H2,10,11,13). The van der Waals surface area contributed by atoms with Crippen molar-refractivity contribution in [3.05, 3.63) is 17.4 Å². The first-order valence-electron chi connectivity index (χ1n) is 4.06. The number of halogens is 1. The lowest BCUT2D eigenvalue weighted by Crippen LogP contribution is -2.33. The highest BCUT2D eigenvalue weighted by Crippen LogP contribution is 2.17. The van der Waals surface area contributed by atoms with Crippen LogP contribution in [-0.4, -0.2) is 23.8 Å². The summed E-state index contributed by atoms with van der Waals surface area (Å²) in [6.07, 6.45) is -0.582. The lowest BCUT2D eigenvalue weighted by molar-refractivity contribution is 0.190. The Hall–Kier alpha value is -1.20. The van der Waals surface area contributed by atoms with Crippen LogP contribution in [0.15, 0.2) is 16.5 Å². The maximum Gasteiger partial charge on any atom is 0.321 e. The van der Waals surface area contributed by atoms with Crippen molar-refractivity contribution in [1.29, 1.82) is 0 Å². The molecule has 0 bridgehead atoms. The lowest BCUT2D eigenvalue weighted by atomic mass is 10.4. The van der Waals surface area contributed by atoms with E-state index in [0.717, 1.165) is 0 Å². The van der Waals surface area contributed by atoms with Crippen molar-refractivity contribution in [3.8, 4) is 0 Å². The number of hydrogen-bond donors (Lipinski definition) is 3. The molecule has 0 aliphatic carbocycles. The van der Waals surface area contributed by atoms with Gasteiger partial charge in [-0.15, -0.1) is 0 Å². The Morgan fingerprint density at radius 1 is 1.71 bits per heavy atom. The number of rotatable bonds is 3. The summed E-state index contributed by atoms with van der Waals surface area (Å²) < 4.78 is 4.89. The average Bonchev–Trinajstić information content (AvgIpc) is 2.48. The molecule has 0 saturated carbocycles. The summed E-state index contributed by atoms with van der Waals surface area (Å²) in [7, 11) is 0. The third kappa shape index (κ3) is 3.68. The Bertz CT molecular complexity index is 311. The number of aliphatic hydroxyl groups excluding tert-OH is 1. The molecular formula is C8H11ClN2O3. The molecule has 1 rings (SSSR count). The third-order valence-electron chi connectivity index (χ3n) is 1.37. The van der Waals surface area contributed by atoms with E-state index in [-0.39, 0.29) is 17.6 Å². The van der Waals surface area contributed by atoms with Crippen molar-refractivity contribution in [2.75, 3.05) is 11.9 Å². The van der Waals surface area contributed by atoms with Crippen molar-refractivity contribution < 1.29 is 14.3 Å². The number of carbonyl (C=O) groups is 1. The highest BCUT2D eigenvalue weighted by Gasteiger charge is 2.05. The highest BCUT2D eigenvalue weighted by molar-refractivity contribution is 6.29. The number of furan rings is 1. The summed E-state index contributed by atoms with van der Waals surface area (Å²) in [6, 6.07) is 2.60. The van der Waals surface area contributed by atoms with Gasteiger partial charge in [-0.05, 0) is 24.6 Å². The Balaban J connectivity index is 2.34. The molecule has 2 amide bonds. The largest absolute Gasteiger partial charge is 0.429 e. The fourth-order valence-corrected chi connectivity index (χ4v) is 0.924. The minimum absolute atomic E-state index is 0.181. The Morgan fingerprint density at radius 3 is 2.93 bits per heavy atom. The van der Waals surface area contributed by atoms with Crippen LogP contribution in [0.5, 0.6) is 0 Å². The van der Waals surface area contributed by atoms with E-state index in [0.29, 0.717) is 0 Å². The van der Waals surface area contributed by atoms with E-state index in [4.69, 9.17) is 21.1 Å². The fourth-order valence-electron chi connectivity index (χ4n) is 0.778. The summed E-state index contributed by atoms with van der Waals surface area (Å²) in [5, 5.41) is 13.9. The zero-order valence-corrected chi connectivity index (χ0v) is 8.34. The van der Waals surface area contributed by atoms with Crippen molar-refractivity contribution >= 4 is 23.5 Å². The van der Waals surface area contributed by atoms with Gasteiger partial charge in [0.25, 0.3) is 0 Å². The van der Waals surface area contributed by atoms with Crippen LogP contribution < -0.4 is 10.6 Å².